The second-order valence-corrected chi connectivity index (χ2v) is 3.84. The summed E-state index contributed by atoms with van der Waals surface area (Å²) in [6.45, 7) is 7.27. The normalized spacial score (nSPS) is 16.4. The molecule has 0 fully saturated rings. The Balaban J connectivity index is 2.33. The fourth-order valence-corrected chi connectivity index (χ4v) is 1.67. The van der Waals surface area contributed by atoms with E-state index >= 15 is 0 Å². The van der Waals surface area contributed by atoms with Crippen LogP contribution in [0.1, 0.15) is 29.7 Å². The van der Waals surface area contributed by atoms with Crippen LogP contribution in [-0.4, -0.2) is 0 Å². The molecule has 0 saturated heterocycles. The summed E-state index contributed by atoms with van der Waals surface area (Å²) in [6, 6.07) is 6.23. The van der Waals surface area contributed by atoms with Crippen molar-refractivity contribution < 1.29 is 4.74 Å². The van der Waals surface area contributed by atoms with Crippen LogP contribution in [0.5, 0.6) is 0 Å². The quantitative estimate of drug-likeness (QED) is 0.724. The predicted octanol–water partition coefficient (Wildman–Crippen LogP) is 2.29. The Hall–Kier alpha value is -1.12. The van der Waals surface area contributed by atoms with Gasteiger partial charge in [0.25, 0.3) is 0 Å². The number of benzene rings is 1. The Kier molecular flexibility index (Phi) is 2.40. The van der Waals surface area contributed by atoms with Gasteiger partial charge in [-0.2, -0.15) is 0 Å². The van der Waals surface area contributed by atoms with E-state index in [2.05, 4.69) is 24.8 Å². The van der Waals surface area contributed by atoms with Crippen LogP contribution in [0.2, 0.25) is 0 Å². The molecule has 2 heteroatoms. The van der Waals surface area contributed by atoms with Crippen LogP contribution >= 0.6 is 0 Å². The smallest absolute Gasteiger partial charge is 0.0725 e. The molecule has 0 aliphatic carbocycles. The van der Waals surface area contributed by atoms with E-state index in [0.29, 0.717) is 6.61 Å². The zero-order valence-corrected chi connectivity index (χ0v) is 8.42. The molecule has 14 heavy (non-hydrogen) atoms. The van der Waals surface area contributed by atoms with Gasteiger partial charge in [0.05, 0.1) is 19.3 Å². The fraction of sp³-hybridized carbons (Fsp3) is 0.333. The summed E-state index contributed by atoms with van der Waals surface area (Å²) >= 11 is 0. The number of rotatable bonds is 2. The van der Waals surface area contributed by atoms with Gasteiger partial charge in [0.1, 0.15) is 0 Å². The molecule has 0 spiro atoms. The lowest BCUT2D eigenvalue weighted by molar-refractivity contribution is 0.134. The molecular formula is C12H15NO. The standard InChI is InChI=1S/C12H15NO/c1-8(2)12(13)9-3-4-10-6-14-7-11(10)5-9/h3-5,12H,1,6-7,13H2,2H3. The van der Waals surface area contributed by atoms with Crippen LogP contribution in [0.25, 0.3) is 0 Å². The van der Waals surface area contributed by atoms with Crippen molar-refractivity contribution in [3.05, 3.63) is 47.0 Å². The summed E-state index contributed by atoms with van der Waals surface area (Å²) in [7, 11) is 0. The number of ether oxygens (including phenoxy) is 1. The van der Waals surface area contributed by atoms with Crippen LogP contribution < -0.4 is 5.73 Å². The molecule has 2 rings (SSSR count). The summed E-state index contributed by atoms with van der Waals surface area (Å²) in [5.74, 6) is 0. The Morgan fingerprint density at radius 3 is 2.86 bits per heavy atom. The van der Waals surface area contributed by atoms with E-state index in [-0.39, 0.29) is 6.04 Å². The Morgan fingerprint density at radius 1 is 1.43 bits per heavy atom. The van der Waals surface area contributed by atoms with E-state index in [0.717, 1.165) is 17.7 Å². The number of hydrogen-bond donors (Lipinski definition) is 1. The average Bonchev–Trinajstić information content (AvgIpc) is 2.62. The van der Waals surface area contributed by atoms with Gasteiger partial charge in [-0.25, -0.2) is 0 Å². The summed E-state index contributed by atoms with van der Waals surface area (Å²) in [5.41, 5.74) is 10.7. The summed E-state index contributed by atoms with van der Waals surface area (Å²) < 4.78 is 5.35. The molecule has 0 saturated carbocycles. The highest BCUT2D eigenvalue weighted by atomic mass is 16.5. The Morgan fingerprint density at radius 2 is 2.14 bits per heavy atom. The molecule has 0 bridgehead atoms. The lowest BCUT2D eigenvalue weighted by atomic mass is 9.98. The van der Waals surface area contributed by atoms with Crippen molar-refractivity contribution >= 4 is 0 Å². The molecule has 0 radical (unpaired) electrons. The lowest BCUT2D eigenvalue weighted by Crippen LogP contribution is -2.11. The van der Waals surface area contributed by atoms with Crippen LogP contribution in [-0.2, 0) is 18.0 Å². The van der Waals surface area contributed by atoms with Crippen LogP contribution in [0.15, 0.2) is 30.4 Å². The van der Waals surface area contributed by atoms with E-state index < -0.39 is 0 Å². The topological polar surface area (TPSA) is 35.2 Å². The first kappa shape index (κ1) is 9.44. The van der Waals surface area contributed by atoms with Crippen molar-refractivity contribution in [2.24, 2.45) is 5.73 Å². The molecule has 1 aromatic rings. The van der Waals surface area contributed by atoms with Crippen LogP contribution in [0, 0.1) is 0 Å². The van der Waals surface area contributed by atoms with Crippen molar-refractivity contribution in [3.63, 3.8) is 0 Å². The van der Waals surface area contributed by atoms with E-state index in [4.69, 9.17) is 10.5 Å². The van der Waals surface area contributed by atoms with Gasteiger partial charge in [-0.15, -0.1) is 0 Å². The van der Waals surface area contributed by atoms with Gasteiger partial charge in [0.2, 0.25) is 0 Å². The number of hydrogen-bond acceptors (Lipinski definition) is 2. The van der Waals surface area contributed by atoms with Crippen LogP contribution in [0.4, 0.5) is 0 Å². The number of nitrogens with two attached hydrogens (primary N) is 1. The van der Waals surface area contributed by atoms with Gasteiger partial charge in [-0.3, -0.25) is 0 Å². The predicted molar refractivity (Wildman–Crippen MR) is 56.7 cm³/mol. The first-order valence-corrected chi connectivity index (χ1v) is 4.79. The molecule has 0 aromatic heterocycles. The molecular weight excluding hydrogens is 174 g/mol. The highest BCUT2D eigenvalue weighted by Gasteiger charge is 2.14. The second kappa shape index (κ2) is 3.56. The maximum Gasteiger partial charge on any atom is 0.0725 e. The molecule has 0 amide bonds. The Labute approximate surface area is 84.4 Å². The van der Waals surface area contributed by atoms with Crippen LogP contribution in [0.3, 0.4) is 0 Å². The zero-order valence-electron chi connectivity index (χ0n) is 8.42. The Bertz CT molecular complexity index is 371. The third-order valence-electron chi connectivity index (χ3n) is 2.64. The van der Waals surface area contributed by atoms with Gasteiger partial charge >= 0.3 is 0 Å². The van der Waals surface area contributed by atoms with E-state index in [9.17, 15) is 0 Å². The van der Waals surface area contributed by atoms with Crippen molar-refractivity contribution in [2.45, 2.75) is 26.2 Å². The van der Waals surface area contributed by atoms with Gasteiger partial charge in [0, 0.05) is 0 Å². The maximum absolute atomic E-state index is 5.99. The molecule has 2 nitrogen and oxygen atoms in total. The fourth-order valence-electron chi connectivity index (χ4n) is 1.67. The van der Waals surface area contributed by atoms with Gasteiger partial charge in [0.15, 0.2) is 0 Å². The molecule has 1 aliphatic rings. The minimum atomic E-state index is -0.0547. The largest absolute Gasteiger partial charge is 0.372 e. The average molecular weight is 189 g/mol. The van der Waals surface area contributed by atoms with Gasteiger partial charge in [-0.1, -0.05) is 30.4 Å². The minimum absolute atomic E-state index is 0.0547. The van der Waals surface area contributed by atoms with E-state index in [1.165, 1.54) is 11.1 Å². The molecule has 1 aliphatic heterocycles. The van der Waals surface area contributed by atoms with Crippen molar-refractivity contribution in [1.82, 2.24) is 0 Å². The lowest BCUT2D eigenvalue weighted by Gasteiger charge is -2.12. The molecule has 1 aromatic carbocycles. The van der Waals surface area contributed by atoms with E-state index in [1.807, 2.05) is 6.92 Å². The SMILES string of the molecule is C=C(C)C(N)c1ccc2c(c1)COC2. The molecule has 1 unspecified atom stereocenters. The van der Waals surface area contributed by atoms with Crippen molar-refractivity contribution in [2.75, 3.05) is 0 Å². The van der Waals surface area contributed by atoms with Gasteiger partial charge < -0.3 is 10.5 Å². The summed E-state index contributed by atoms with van der Waals surface area (Å²) in [6.07, 6.45) is 0. The third-order valence-corrected chi connectivity index (χ3v) is 2.64. The van der Waals surface area contributed by atoms with Crippen molar-refractivity contribution in [3.8, 4) is 0 Å². The maximum atomic E-state index is 5.99. The zero-order chi connectivity index (χ0) is 10.1. The summed E-state index contributed by atoms with van der Waals surface area (Å²) in [5, 5.41) is 0. The molecule has 1 heterocycles. The first-order valence-electron chi connectivity index (χ1n) is 4.79. The number of fused-ring (bicyclic) bond motifs is 1. The highest BCUT2D eigenvalue weighted by Crippen LogP contribution is 2.25. The van der Waals surface area contributed by atoms with Gasteiger partial charge in [-0.05, 0) is 23.6 Å². The highest BCUT2D eigenvalue weighted by molar-refractivity contribution is 5.36. The molecule has 2 N–H and O–H groups in total. The monoisotopic (exact) mass is 189 g/mol. The molecule has 1 atom stereocenters. The third kappa shape index (κ3) is 1.59. The molecule has 74 valence electrons. The van der Waals surface area contributed by atoms with Crippen molar-refractivity contribution in [1.29, 1.82) is 0 Å². The van der Waals surface area contributed by atoms with E-state index in [1.54, 1.807) is 0 Å². The first-order chi connectivity index (χ1) is 6.68. The minimum Gasteiger partial charge on any atom is -0.372 e. The summed E-state index contributed by atoms with van der Waals surface area (Å²) in [4.78, 5) is 0. The second-order valence-electron chi connectivity index (χ2n) is 3.84.